The fourth-order valence-electron chi connectivity index (χ4n) is 3.77. The van der Waals surface area contributed by atoms with Crippen molar-refractivity contribution in [1.29, 1.82) is 0 Å². The van der Waals surface area contributed by atoms with Crippen molar-refractivity contribution in [2.75, 3.05) is 33.3 Å². The maximum absolute atomic E-state index is 14.1. The van der Waals surface area contributed by atoms with Crippen molar-refractivity contribution in [2.24, 2.45) is 0 Å². The van der Waals surface area contributed by atoms with Crippen molar-refractivity contribution in [3.63, 3.8) is 0 Å². The van der Waals surface area contributed by atoms with Gasteiger partial charge in [-0.15, -0.1) is 0 Å². The van der Waals surface area contributed by atoms with Crippen LogP contribution in [0.1, 0.15) is 35.8 Å². The van der Waals surface area contributed by atoms with Gasteiger partial charge in [0.15, 0.2) is 0 Å². The largest absolute Gasteiger partial charge is 0.496 e. The third-order valence-corrected chi connectivity index (χ3v) is 5.98. The number of methoxy groups -OCH3 is 1. The summed E-state index contributed by atoms with van der Waals surface area (Å²) in [5, 5.41) is 3.14. The van der Waals surface area contributed by atoms with Crippen LogP contribution in [0, 0.1) is 5.82 Å². The second kappa shape index (κ2) is 10.1. The maximum atomic E-state index is 14.1. The predicted octanol–water partition coefficient (Wildman–Crippen LogP) is 3.51. The average Bonchev–Trinajstić information content (AvgIpc) is 2.78. The molecule has 1 saturated heterocycles. The first-order valence-electron chi connectivity index (χ1n) is 10.2. The highest BCUT2D eigenvalue weighted by molar-refractivity contribution is 6.33. The molecule has 2 aromatic carbocycles. The molecule has 31 heavy (non-hydrogen) atoms. The Hall–Kier alpha value is -2.64. The van der Waals surface area contributed by atoms with Gasteiger partial charge in [0.05, 0.1) is 29.8 Å². The molecule has 0 spiro atoms. The molecule has 2 unspecified atom stereocenters. The lowest BCUT2D eigenvalue weighted by atomic mass is 10.1. The molecule has 0 radical (unpaired) electrons. The minimum absolute atomic E-state index is 0.102. The zero-order valence-corrected chi connectivity index (χ0v) is 18.7. The van der Waals surface area contributed by atoms with Crippen LogP contribution in [0.2, 0.25) is 5.02 Å². The summed E-state index contributed by atoms with van der Waals surface area (Å²) in [5.74, 6) is -0.431. The van der Waals surface area contributed by atoms with E-state index in [2.05, 4.69) is 5.32 Å². The third-order valence-electron chi connectivity index (χ3n) is 5.67. The molecule has 166 valence electrons. The number of para-hydroxylation sites is 1. The first kappa shape index (κ1) is 23.0. The summed E-state index contributed by atoms with van der Waals surface area (Å²) in [6.07, 6.45) is 0. The van der Waals surface area contributed by atoms with Gasteiger partial charge >= 0.3 is 0 Å². The second-order valence-corrected chi connectivity index (χ2v) is 7.98. The third kappa shape index (κ3) is 5.17. The van der Waals surface area contributed by atoms with Gasteiger partial charge in [0.25, 0.3) is 5.91 Å². The molecule has 1 aliphatic rings. The normalized spacial score (nSPS) is 16.5. The zero-order chi connectivity index (χ0) is 22.5. The molecule has 1 N–H and O–H groups in total. The van der Waals surface area contributed by atoms with Crippen LogP contribution in [0.25, 0.3) is 0 Å². The van der Waals surface area contributed by atoms with Gasteiger partial charge in [0.1, 0.15) is 11.6 Å². The van der Waals surface area contributed by atoms with Crippen LogP contribution >= 0.6 is 11.6 Å². The number of piperazine rings is 1. The lowest BCUT2D eigenvalue weighted by molar-refractivity contribution is -0.127. The van der Waals surface area contributed by atoms with E-state index in [9.17, 15) is 14.0 Å². The number of carbonyl (C=O) groups excluding carboxylic acids is 2. The molecular weight excluding hydrogens is 421 g/mol. The summed E-state index contributed by atoms with van der Waals surface area (Å²) >= 11 is 6.03. The molecule has 0 aromatic heterocycles. The Morgan fingerprint density at radius 2 is 1.74 bits per heavy atom. The number of hydrogen-bond acceptors (Lipinski definition) is 4. The number of rotatable bonds is 6. The van der Waals surface area contributed by atoms with Crippen LogP contribution in [0.5, 0.6) is 5.75 Å². The average molecular weight is 448 g/mol. The fraction of sp³-hybridized carbons (Fsp3) is 0.391. The summed E-state index contributed by atoms with van der Waals surface area (Å²) in [4.78, 5) is 29.1. The topological polar surface area (TPSA) is 61.9 Å². The van der Waals surface area contributed by atoms with Crippen molar-refractivity contribution in [1.82, 2.24) is 15.1 Å². The van der Waals surface area contributed by atoms with Crippen LogP contribution in [0.15, 0.2) is 42.5 Å². The van der Waals surface area contributed by atoms with E-state index in [1.165, 1.54) is 18.2 Å². The Bertz CT molecular complexity index is 927. The van der Waals surface area contributed by atoms with Gasteiger partial charge in [-0.3, -0.25) is 14.5 Å². The molecule has 1 fully saturated rings. The summed E-state index contributed by atoms with van der Waals surface area (Å²) in [6, 6.07) is 11.2. The molecule has 2 atom stereocenters. The maximum Gasteiger partial charge on any atom is 0.258 e. The Labute approximate surface area is 186 Å². The van der Waals surface area contributed by atoms with Crippen LogP contribution in [0.3, 0.4) is 0 Å². The molecule has 6 nitrogen and oxygen atoms in total. The van der Waals surface area contributed by atoms with Crippen molar-refractivity contribution in [3.8, 4) is 5.75 Å². The molecule has 3 rings (SSSR count). The Balaban J connectivity index is 1.58. The minimum atomic E-state index is -0.627. The number of halogens is 2. The van der Waals surface area contributed by atoms with Crippen LogP contribution in [-0.4, -0.2) is 60.9 Å². The van der Waals surface area contributed by atoms with Crippen molar-refractivity contribution in [3.05, 3.63) is 64.4 Å². The van der Waals surface area contributed by atoms with E-state index in [-0.39, 0.29) is 28.6 Å². The number of amides is 2. The van der Waals surface area contributed by atoms with Gasteiger partial charge in [-0.25, -0.2) is 4.39 Å². The molecule has 0 bridgehead atoms. The highest BCUT2D eigenvalue weighted by Crippen LogP contribution is 2.25. The molecule has 0 aliphatic carbocycles. The summed E-state index contributed by atoms with van der Waals surface area (Å²) < 4.78 is 19.5. The molecule has 2 aromatic rings. The van der Waals surface area contributed by atoms with Gasteiger partial charge in [0, 0.05) is 31.7 Å². The van der Waals surface area contributed by atoms with Gasteiger partial charge in [-0.05, 0) is 32.0 Å². The number of hydrogen-bond donors (Lipinski definition) is 1. The monoisotopic (exact) mass is 447 g/mol. The zero-order valence-electron chi connectivity index (χ0n) is 17.9. The van der Waals surface area contributed by atoms with Gasteiger partial charge in [-0.1, -0.05) is 35.9 Å². The molecule has 0 saturated carbocycles. The Kier molecular flexibility index (Phi) is 7.51. The van der Waals surface area contributed by atoms with Crippen LogP contribution < -0.4 is 10.1 Å². The van der Waals surface area contributed by atoms with Crippen molar-refractivity contribution < 1.29 is 18.7 Å². The summed E-state index contributed by atoms with van der Waals surface area (Å²) in [6.45, 7) is 5.56. The van der Waals surface area contributed by atoms with E-state index in [0.29, 0.717) is 26.2 Å². The number of ether oxygens (including phenoxy) is 1. The van der Waals surface area contributed by atoms with E-state index in [1.807, 2.05) is 43.0 Å². The van der Waals surface area contributed by atoms with Gasteiger partial charge in [-0.2, -0.15) is 0 Å². The van der Waals surface area contributed by atoms with Gasteiger partial charge in [0.2, 0.25) is 5.91 Å². The quantitative estimate of drug-likeness (QED) is 0.736. The van der Waals surface area contributed by atoms with Crippen LogP contribution in [0.4, 0.5) is 4.39 Å². The molecule has 2 amide bonds. The molecule has 1 aliphatic heterocycles. The molecule has 1 heterocycles. The van der Waals surface area contributed by atoms with Gasteiger partial charge < -0.3 is 15.0 Å². The first-order chi connectivity index (χ1) is 14.8. The SMILES string of the molecule is COc1ccccc1C(C)NC(=O)C(C)N1CCN(C(=O)c2c(F)cccc2Cl)CC1. The molecule has 8 heteroatoms. The van der Waals surface area contributed by atoms with E-state index in [0.717, 1.165) is 11.3 Å². The summed E-state index contributed by atoms with van der Waals surface area (Å²) in [7, 11) is 1.60. The number of benzene rings is 2. The second-order valence-electron chi connectivity index (χ2n) is 7.57. The highest BCUT2D eigenvalue weighted by atomic mass is 35.5. The Morgan fingerprint density at radius 1 is 1.06 bits per heavy atom. The summed E-state index contributed by atoms with van der Waals surface area (Å²) in [5.41, 5.74) is 0.803. The standard InChI is InChI=1S/C23H27ClFN3O3/c1-15(17-7-4-5-10-20(17)31-3)26-22(29)16(2)27-11-13-28(14-12-27)23(30)21-18(24)8-6-9-19(21)25/h4-10,15-16H,11-14H2,1-3H3,(H,26,29). The van der Waals surface area contributed by atoms with Crippen molar-refractivity contribution >= 4 is 23.4 Å². The smallest absolute Gasteiger partial charge is 0.258 e. The highest BCUT2D eigenvalue weighted by Gasteiger charge is 2.30. The first-order valence-corrected chi connectivity index (χ1v) is 10.6. The predicted molar refractivity (Wildman–Crippen MR) is 118 cm³/mol. The lowest BCUT2D eigenvalue weighted by Gasteiger charge is -2.37. The van der Waals surface area contributed by atoms with E-state index < -0.39 is 11.7 Å². The van der Waals surface area contributed by atoms with Crippen molar-refractivity contribution in [2.45, 2.75) is 25.9 Å². The fourth-order valence-corrected chi connectivity index (χ4v) is 4.02. The number of nitrogens with zero attached hydrogens (tertiary/aromatic N) is 2. The molecular formula is C23H27ClFN3O3. The number of nitrogens with one attached hydrogen (secondary N) is 1. The Morgan fingerprint density at radius 3 is 2.39 bits per heavy atom. The van der Waals surface area contributed by atoms with Crippen LogP contribution in [-0.2, 0) is 4.79 Å². The number of carbonyl (C=O) groups is 2. The lowest BCUT2D eigenvalue weighted by Crippen LogP contribution is -2.55. The van der Waals surface area contributed by atoms with E-state index >= 15 is 0 Å². The minimum Gasteiger partial charge on any atom is -0.496 e. The van der Waals surface area contributed by atoms with E-state index in [1.54, 1.807) is 12.0 Å². The van der Waals surface area contributed by atoms with E-state index in [4.69, 9.17) is 16.3 Å².